The maximum Gasteiger partial charge on any atom is 0.264 e. The van der Waals surface area contributed by atoms with Crippen LogP contribution in [0.25, 0.3) is 0 Å². The average molecular weight is 591 g/mol. The summed E-state index contributed by atoms with van der Waals surface area (Å²) in [5.41, 5.74) is 3.41. The first-order chi connectivity index (χ1) is 18.3. The molecule has 0 fully saturated rings. The van der Waals surface area contributed by atoms with Crippen molar-refractivity contribution in [2.45, 2.75) is 52.1 Å². The number of carbonyl (C=O) groups is 2. The van der Waals surface area contributed by atoms with Crippen molar-refractivity contribution < 1.29 is 18.0 Å². The number of hydrogen-bond donors (Lipinski definition) is 1. The van der Waals surface area contributed by atoms with Crippen LogP contribution in [0.15, 0.2) is 65.6 Å². The number of carbonyl (C=O) groups excluding carboxylic acids is 2. The number of nitrogens with one attached hydrogen (secondary N) is 1. The lowest BCUT2D eigenvalue weighted by atomic mass is 10.1. The van der Waals surface area contributed by atoms with E-state index in [1.807, 2.05) is 26.8 Å². The Bertz CT molecular complexity index is 1420. The molecule has 39 heavy (non-hydrogen) atoms. The second-order valence-electron chi connectivity index (χ2n) is 9.46. The third kappa shape index (κ3) is 7.32. The van der Waals surface area contributed by atoms with E-state index in [4.69, 9.17) is 23.2 Å². The predicted octanol–water partition coefficient (Wildman–Crippen LogP) is 5.67. The lowest BCUT2D eigenvalue weighted by molar-refractivity contribution is -0.139. The van der Waals surface area contributed by atoms with Crippen molar-refractivity contribution in [1.82, 2.24) is 10.2 Å². The van der Waals surface area contributed by atoms with Gasteiger partial charge in [-0.15, -0.1) is 0 Å². The van der Waals surface area contributed by atoms with Gasteiger partial charge in [0.05, 0.1) is 10.6 Å². The van der Waals surface area contributed by atoms with Crippen LogP contribution in [-0.2, 0) is 26.2 Å². The van der Waals surface area contributed by atoms with Gasteiger partial charge in [0.1, 0.15) is 12.6 Å². The summed E-state index contributed by atoms with van der Waals surface area (Å²) in [6.45, 7) is 8.69. The average Bonchev–Trinajstić information content (AvgIpc) is 2.86. The summed E-state index contributed by atoms with van der Waals surface area (Å²) in [5, 5.41) is 3.40. The van der Waals surface area contributed by atoms with Gasteiger partial charge in [-0.3, -0.25) is 13.9 Å². The van der Waals surface area contributed by atoms with Crippen molar-refractivity contribution in [3.05, 3.63) is 93.0 Å². The summed E-state index contributed by atoms with van der Waals surface area (Å²) in [7, 11) is -4.15. The predicted molar refractivity (Wildman–Crippen MR) is 157 cm³/mol. The van der Waals surface area contributed by atoms with Crippen LogP contribution < -0.4 is 9.62 Å². The molecule has 1 atom stereocenters. The molecule has 0 bridgehead atoms. The minimum Gasteiger partial charge on any atom is -0.355 e. The molecular formula is C29H33Cl2N3O4S. The van der Waals surface area contributed by atoms with Crippen molar-refractivity contribution in [3.8, 4) is 0 Å². The Labute approximate surface area is 240 Å². The zero-order chi connectivity index (χ0) is 28.9. The van der Waals surface area contributed by atoms with E-state index in [2.05, 4.69) is 5.32 Å². The monoisotopic (exact) mass is 589 g/mol. The minimum absolute atomic E-state index is 0.0533. The number of benzene rings is 3. The SMILES string of the molecule is CCNC(=O)C(C)N(Cc1c(Cl)cccc1Cl)C(=O)CN(c1cc(C)cc(C)c1)S(=O)(=O)c1ccc(C)cc1. The van der Waals surface area contributed by atoms with E-state index in [1.165, 1.54) is 17.0 Å². The number of halogens is 2. The number of rotatable bonds is 10. The largest absolute Gasteiger partial charge is 0.355 e. The van der Waals surface area contributed by atoms with E-state index in [9.17, 15) is 18.0 Å². The molecule has 0 aliphatic heterocycles. The smallest absolute Gasteiger partial charge is 0.264 e. The van der Waals surface area contributed by atoms with E-state index < -0.39 is 28.5 Å². The molecule has 3 aromatic rings. The summed E-state index contributed by atoms with van der Waals surface area (Å²) in [4.78, 5) is 28.2. The van der Waals surface area contributed by atoms with E-state index in [0.717, 1.165) is 21.0 Å². The fourth-order valence-corrected chi connectivity index (χ4v) is 6.13. The van der Waals surface area contributed by atoms with Crippen LogP contribution in [0.4, 0.5) is 5.69 Å². The lowest BCUT2D eigenvalue weighted by Gasteiger charge is -2.32. The van der Waals surface area contributed by atoms with Crippen LogP contribution in [0.1, 0.15) is 36.1 Å². The first-order valence-electron chi connectivity index (χ1n) is 12.5. The molecule has 7 nitrogen and oxygen atoms in total. The number of nitrogens with zero attached hydrogens (tertiary/aromatic N) is 2. The van der Waals surface area contributed by atoms with Crippen LogP contribution in [0.2, 0.25) is 10.0 Å². The highest BCUT2D eigenvalue weighted by atomic mass is 35.5. The summed E-state index contributed by atoms with van der Waals surface area (Å²) in [5.74, 6) is -0.965. The van der Waals surface area contributed by atoms with E-state index in [0.29, 0.717) is 27.8 Å². The van der Waals surface area contributed by atoms with Gasteiger partial charge in [0.2, 0.25) is 11.8 Å². The fraction of sp³-hybridized carbons (Fsp3) is 0.310. The minimum atomic E-state index is -4.15. The molecule has 0 radical (unpaired) electrons. The maximum atomic E-state index is 14.0. The van der Waals surface area contributed by atoms with Gasteiger partial charge in [0.15, 0.2) is 0 Å². The van der Waals surface area contributed by atoms with Crippen LogP contribution in [-0.4, -0.2) is 44.3 Å². The van der Waals surface area contributed by atoms with E-state index in [1.54, 1.807) is 56.3 Å². The van der Waals surface area contributed by atoms with Gasteiger partial charge in [0, 0.05) is 28.7 Å². The highest BCUT2D eigenvalue weighted by Gasteiger charge is 2.33. The number of aryl methyl sites for hydroxylation is 3. The second kappa shape index (κ2) is 12.9. The molecule has 0 spiro atoms. The summed E-state index contributed by atoms with van der Waals surface area (Å²) >= 11 is 12.8. The van der Waals surface area contributed by atoms with Crippen LogP contribution in [0.5, 0.6) is 0 Å². The van der Waals surface area contributed by atoms with E-state index >= 15 is 0 Å². The van der Waals surface area contributed by atoms with Crippen molar-refractivity contribution >= 4 is 50.7 Å². The summed E-state index contributed by atoms with van der Waals surface area (Å²) < 4.78 is 29.0. The van der Waals surface area contributed by atoms with Gasteiger partial charge < -0.3 is 10.2 Å². The molecular weight excluding hydrogens is 557 g/mol. The Morgan fingerprint density at radius 3 is 2.00 bits per heavy atom. The Hall–Kier alpha value is -3.07. The van der Waals surface area contributed by atoms with Gasteiger partial charge in [0.25, 0.3) is 10.0 Å². The second-order valence-corrected chi connectivity index (χ2v) is 12.1. The molecule has 0 aliphatic carbocycles. The van der Waals surface area contributed by atoms with Gasteiger partial charge >= 0.3 is 0 Å². The molecule has 0 heterocycles. The number of anilines is 1. The topological polar surface area (TPSA) is 86.8 Å². The van der Waals surface area contributed by atoms with E-state index in [-0.39, 0.29) is 17.3 Å². The normalized spacial score (nSPS) is 12.1. The molecule has 0 saturated carbocycles. The quantitative estimate of drug-likeness (QED) is 0.330. The Kier molecular flexibility index (Phi) is 10.0. The third-order valence-electron chi connectivity index (χ3n) is 6.29. The molecule has 1 unspecified atom stereocenters. The molecule has 0 saturated heterocycles. The first-order valence-corrected chi connectivity index (χ1v) is 14.7. The van der Waals surface area contributed by atoms with Crippen molar-refractivity contribution in [2.24, 2.45) is 0 Å². The molecule has 3 aromatic carbocycles. The van der Waals surface area contributed by atoms with Gasteiger partial charge in [-0.05, 0) is 82.1 Å². The molecule has 0 aromatic heterocycles. The Morgan fingerprint density at radius 2 is 1.46 bits per heavy atom. The molecule has 208 valence electrons. The number of sulfonamides is 1. The number of amides is 2. The zero-order valence-corrected chi connectivity index (χ0v) is 25.0. The number of hydrogen-bond acceptors (Lipinski definition) is 4. The first kappa shape index (κ1) is 30.5. The molecule has 3 rings (SSSR count). The molecule has 1 N–H and O–H groups in total. The van der Waals surface area contributed by atoms with Gasteiger partial charge in [-0.25, -0.2) is 8.42 Å². The lowest BCUT2D eigenvalue weighted by Crippen LogP contribution is -2.51. The Morgan fingerprint density at radius 1 is 0.897 bits per heavy atom. The van der Waals surface area contributed by atoms with Crippen LogP contribution in [0, 0.1) is 20.8 Å². The van der Waals surface area contributed by atoms with Crippen molar-refractivity contribution in [1.29, 1.82) is 0 Å². The zero-order valence-electron chi connectivity index (χ0n) is 22.7. The Balaban J connectivity index is 2.10. The molecule has 10 heteroatoms. The van der Waals surface area contributed by atoms with Crippen molar-refractivity contribution in [3.63, 3.8) is 0 Å². The maximum absolute atomic E-state index is 14.0. The van der Waals surface area contributed by atoms with Gasteiger partial charge in [-0.1, -0.05) is 53.0 Å². The standard InChI is InChI=1S/C29H33Cl2N3O4S/c1-6-32-29(36)22(5)33(17-25-26(30)8-7-9-27(25)31)28(35)18-34(23-15-20(3)14-21(4)16-23)39(37,38)24-12-10-19(2)11-13-24/h7-16,22H,6,17-18H2,1-5H3,(H,32,36). The molecule has 2 amide bonds. The number of likely N-dealkylation sites (N-methyl/N-ethyl adjacent to an activating group) is 1. The highest BCUT2D eigenvalue weighted by Crippen LogP contribution is 2.29. The molecule has 0 aliphatic rings. The fourth-order valence-electron chi connectivity index (χ4n) is 4.22. The third-order valence-corrected chi connectivity index (χ3v) is 8.79. The highest BCUT2D eigenvalue weighted by molar-refractivity contribution is 7.92. The van der Waals surface area contributed by atoms with Crippen LogP contribution in [0.3, 0.4) is 0 Å². The summed E-state index contributed by atoms with van der Waals surface area (Å²) in [6.07, 6.45) is 0. The van der Waals surface area contributed by atoms with Gasteiger partial charge in [-0.2, -0.15) is 0 Å². The van der Waals surface area contributed by atoms with Crippen molar-refractivity contribution in [2.75, 3.05) is 17.4 Å². The summed E-state index contributed by atoms with van der Waals surface area (Å²) in [6, 6.07) is 15.9. The van der Waals surface area contributed by atoms with Crippen LogP contribution >= 0.6 is 23.2 Å².